The number of hydrogen-bond donors (Lipinski definition) is 1. The summed E-state index contributed by atoms with van der Waals surface area (Å²) < 4.78 is 36.0. The topological polar surface area (TPSA) is 61.5 Å². The zero-order valence-corrected chi connectivity index (χ0v) is 9.33. The predicted molar refractivity (Wildman–Crippen MR) is 56.6 cm³/mol. The Hall–Kier alpha value is -1.69. The number of carbonyl (C=O) groups is 1. The minimum Gasteiger partial charge on any atom is -0.494 e. The zero-order valence-electron chi connectivity index (χ0n) is 9.33. The standard InChI is InChI=1S/C11H13F2NO3/c1-16-10-5-8(12)7(4-9(10)13)2-3-17-11(15)6-14/h4-5H,2-3,6,14H2,1H3. The fourth-order valence-corrected chi connectivity index (χ4v) is 1.25. The summed E-state index contributed by atoms with van der Waals surface area (Å²) in [5, 5.41) is 0. The van der Waals surface area contributed by atoms with Gasteiger partial charge in [-0.2, -0.15) is 0 Å². The second-order valence-corrected chi connectivity index (χ2v) is 3.25. The molecule has 0 fully saturated rings. The number of esters is 1. The van der Waals surface area contributed by atoms with E-state index in [0.29, 0.717) is 0 Å². The molecule has 2 N–H and O–H groups in total. The number of rotatable bonds is 5. The van der Waals surface area contributed by atoms with Gasteiger partial charge in [0, 0.05) is 12.5 Å². The van der Waals surface area contributed by atoms with E-state index in [4.69, 9.17) is 5.73 Å². The van der Waals surface area contributed by atoms with E-state index in [1.807, 2.05) is 0 Å². The highest BCUT2D eigenvalue weighted by Gasteiger charge is 2.10. The van der Waals surface area contributed by atoms with E-state index < -0.39 is 17.6 Å². The molecule has 0 aliphatic heterocycles. The van der Waals surface area contributed by atoms with Crippen molar-refractivity contribution in [3.63, 3.8) is 0 Å². The largest absolute Gasteiger partial charge is 0.494 e. The van der Waals surface area contributed by atoms with Crippen LogP contribution in [0.3, 0.4) is 0 Å². The Labute approximate surface area is 97.3 Å². The van der Waals surface area contributed by atoms with Crippen LogP contribution in [0, 0.1) is 11.6 Å². The number of methoxy groups -OCH3 is 1. The summed E-state index contributed by atoms with van der Waals surface area (Å²) in [4.78, 5) is 10.7. The Morgan fingerprint density at radius 1 is 1.35 bits per heavy atom. The Bertz CT molecular complexity index is 410. The lowest BCUT2D eigenvalue weighted by atomic mass is 10.1. The quantitative estimate of drug-likeness (QED) is 0.787. The van der Waals surface area contributed by atoms with Crippen LogP contribution in [-0.2, 0) is 16.0 Å². The third-order valence-corrected chi connectivity index (χ3v) is 2.12. The van der Waals surface area contributed by atoms with Crippen molar-refractivity contribution in [2.45, 2.75) is 6.42 Å². The average Bonchev–Trinajstić information content (AvgIpc) is 2.32. The summed E-state index contributed by atoms with van der Waals surface area (Å²) in [5.41, 5.74) is 5.14. The first kappa shape index (κ1) is 13.4. The van der Waals surface area contributed by atoms with Gasteiger partial charge in [-0.05, 0) is 11.6 Å². The van der Waals surface area contributed by atoms with E-state index in [1.165, 1.54) is 7.11 Å². The summed E-state index contributed by atoms with van der Waals surface area (Å²) in [6.07, 6.45) is 0.0818. The van der Waals surface area contributed by atoms with Crippen LogP contribution in [0.2, 0.25) is 0 Å². The summed E-state index contributed by atoms with van der Waals surface area (Å²) in [5.74, 6) is -2.01. The minimum absolute atomic E-state index is 0.0429. The number of nitrogens with two attached hydrogens (primary N) is 1. The molecule has 0 aliphatic rings. The van der Waals surface area contributed by atoms with Crippen molar-refractivity contribution >= 4 is 5.97 Å². The van der Waals surface area contributed by atoms with Gasteiger partial charge >= 0.3 is 5.97 Å². The molecule has 94 valence electrons. The van der Waals surface area contributed by atoms with Gasteiger partial charge in [-0.1, -0.05) is 0 Å². The first-order valence-electron chi connectivity index (χ1n) is 4.96. The molecule has 0 aromatic heterocycles. The van der Waals surface area contributed by atoms with Gasteiger partial charge in [-0.25, -0.2) is 8.78 Å². The van der Waals surface area contributed by atoms with Gasteiger partial charge < -0.3 is 15.2 Å². The van der Waals surface area contributed by atoms with E-state index in [-0.39, 0.29) is 30.9 Å². The third-order valence-electron chi connectivity index (χ3n) is 2.12. The van der Waals surface area contributed by atoms with E-state index in [0.717, 1.165) is 12.1 Å². The molecule has 0 atom stereocenters. The van der Waals surface area contributed by atoms with Crippen LogP contribution in [0.4, 0.5) is 8.78 Å². The monoisotopic (exact) mass is 245 g/mol. The normalized spacial score (nSPS) is 10.1. The fourth-order valence-electron chi connectivity index (χ4n) is 1.25. The number of halogens is 2. The van der Waals surface area contributed by atoms with Gasteiger partial charge in [0.2, 0.25) is 0 Å². The maximum absolute atomic E-state index is 13.4. The zero-order chi connectivity index (χ0) is 12.8. The first-order chi connectivity index (χ1) is 8.08. The van der Waals surface area contributed by atoms with Crippen molar-refractivity contribution in [2.24, 2.45) is 5.73 Å². The van der Waals surface area contributed by atoms with Gasteiger partial charge in [-0.3, -0.25) is 4.79 Å². The molecule has 0 saturated heterocycles. The summed E-state index contributed by atoms with van der Waals surface area (Å²) in [6, 6.07) is 1.97. The maximum atomic E-state index is 13.4. The predicted octanol–water partition coefficient (Wildman–Crippen LogP) is 1.02. The molecule has 0 unspecified atom stereocenters. The van der Waals surface area contributed by atoms with Crippen LogP contribution in [0.15, 0.2) is 12.1 Å². The second kappa shape index (κ2) is 6.15. The average molecular weight is 245 g/mol. The van der Waals surface area contributed by atoms with Crippen LogP contribution >= 0.6 is 0 Å². The van der Waals surface area contributed by atoms with Crippen molar-refractivity contribution < 1.29 is 23.0 Å². The van der Waals surface area contributed by atoms with Crippen molar-refractivity contribution in [2.75, 3.05) is 20.3 Å². The van der Waals surface area contributed by atoms with Crippen molar-refractivity contribution in [1.82, 2.24) is 0 Å². The summed E-state index contributed by atoms with van der Waals surface area (Å²) >= 11 is 0. The molecule has 0 spiro atoms. The molecule has 1 aromatic carbocycles. The van der Waals surface area contributed by atoms with Crippen molar-refractivity contribution in [3.8, 4) is 5.75 Å². The van der Waals surface area contributed by atoms with E-state index in [1.54, 1.807) is 0 Å². The number of benzene rings is 1. The van der Waals surface area contributed by atoms with Gasteiger partial charge in [0.1, 0.15) is 5.82 Å². The highest BCUT2D eigenvalue weighted by Crippen LogP contribution is 2.21. The molecular formula is C11H13F2NO3. The van der Waals surface area contributed by atoms with Gasteiger partial charge in [0.25, 0.3) is 0 Å². The van der Waals surface area contributed by atoms with Gasteiger partial charge in [0.05, 0.1) is 20.3 Å². The Morgan fingerprint density at radius 2 is 2.06 bits per heavy atom. The lowest BCUT2D eigenvalue weighted by Crippen LogP contribution is -2.18. The van der Waals surface area contributed by atoms with Gasteiger partial charge in [-0.15, -0.1) is 0 Å². The number of carbonyl (C=O) groups excluding carboxylic acids is 1. The molecule has 0 amide bonds. The Morgan fingerprint density at radius 3 is 2.65 bits per heavy atom. The highest BCUT2D eigenvalue weighted by molar-refractivity contribution is 5.71. The summed E-state index contributed by atoms with van der Waals surface area (Å²) in [6.45, 7) is -0.280. The molecule has 0 saturated carbocycles. The lowest BCUT2D eigenvalue weighted by Gasteiger charge is -2.07. The first-order valence-corrected chi connectivity index (χ1v) is 4.96. The molecule has 1 rings (SSSR count). The SMILES string of the molecule is COc1cc(F)c(CCOC(=O)CN)cc1F. The Balaban J connectivity index is 2.65. The summed E-state index contributed by atoms with van der Waals surface area (Å²) in [7, 11) is 1.25. The number of hydrogen-bond acceptors (Lipinski definition) is 4. The molecule has 1 aromatic rings. The minimum atomic E-state index is -0.658. The van der Waals surface area contributed by atoms with E-state index in [2.05, 4.69) is 9.47 Å². The molecule has 0 bridgehead atoms. The fraction of sp³-hybridized carbons (Fsp3) is 0.364. The van der Waals surface area contributed by atoms with Crippen molar-refractivity contribution in [3.05, 3.63) is 29.3 Å². The molecule has 6 heteroatoms. The Kier molecular flexibility index (Phi) is 4.84. The second-order valence-electron chi connectivity index (χ2n) is 3.25. The van der Waals surface area contributed by atoms with Gasteiger partial charge in [0.15, 0.2) is 11.6 Å². The maximum Gasteiger partial charge on any atom is 0.319 e. The van der Waals surface area contributed by atoms with Crippen LogP contribution in [0.5, 0.6) is 5.75 Å². The van der Waals surface area contributed by atoms with E-state index in [9.17, 15) is 13.6 Å². The highest BCUT2D eigenvalue weighted by atomic mass is 19.1. The van der Waals surface area contributed by atoms with Crippen LogP contribution < -0.4 is 10.5 Å². The lowest BCUT2D eigenvalue weighted by molar-refractivity contribution is -0.141. The van der Waals surface area contributed by atoms with Crippen LogP contribution in [0.1, 0.15) is 5.56 Å². The molecule has 0 heterocycles. The molecule has 0 aliphatic carbocycles. The van der Waals surface area contributed by atoms with Crippen molar-refractivity contribution in [1.29, 1.82) is 0 Å². The van der Waals surface area contributed by atoms with Crippen LogP contribution in [-0.4, -0.2) is 26.2 Å². The molecule has 17 heavy (non-hydrogen) atoms. The van der Waals surface area contributed by atoms with E-state index >= 15 is 0 Å². The molecule has 4 nitrogen and oxygen atoms in total. The molecule has 0 radical (unpaired) electrons. The number of ether oxygens (including phenoxy) is 2. The van der Waals surface area contributed by atoms with Crippen LogP contribution in [0.25, 0.3) is 0 Å². The smallest absolute Gasteiger partial charge is 0.319 e. The molecular weight excluding hydrogens is 232 g/mol. The third kappa shape index (κ3) is 3.67.